The molecule has 0 fully saturated rings. The summed E-state index contributed by atoms with van der Waals surface area (Å²) in [6.45, 7) is 0. The summed E-state index contributed by atoms with van der Waals surface area (Å²) >= 11 is 0. The number of nitrogens with zero attached hydrogens (tertiary/aromatic N) is 3. The van der Waals surface area contributed by atoms with Crippen molar-refractivity contribution in [2.75, 3.05) is 5.43 Å². The molecule has 0 saturated carbocycles. The lowest BCUT2D eigenvalue weighted by Gasteiger charge is -2.07. The van der Waals surface area contributed by atoms with E-state index < -0.39 is 4.92 Å². The third kappa shape index (κ3) is 2.23. The number of hydrogen-bond donors (Lipinski definition) is 1. The normalized spacial score (nSPS) is 9.59. The molecule has 1 aromatic carbocycles. The lowest BCUT2D eigenvalue weighted by Crippen LogP contribution is -2.08. The Hall–Kier alpha value is -2.81. The fraction of sp³-hybridized carbons (Fsp3) is 0. The maximum atomic E-state index is 10.8. The van der Waals surface area contributed by atoms with E-state index in [1.165, 1.54) is 18.2 Å². The molecule has 2 rings (SSSR count). The Balaban J connectivity index is 2.42. The van der Waals surface area contributed by atoms with Gasteiger partial charge in [-0.05, 0) is 24.3 Å². The van der Waals surface area contributed by atoms with Crippen LogP contribution in [0.15, 0.2) is 42.7 Å². The van der Waals surface area contributed by atoms with Gasteiger partial charge in [-0.1, -0.05) is 0 Å². The molecule has 0 spiro atoms. The van der Waals surface area contributed by atoms with Crippen molar-refractivity contribution in [3.8, 4) is 6.07 Å². The zero-order chi connectivity index (χ0) is 12.3. The van der Waals surface area contributed by atoms with Crippen LogP contribution in [0.5, 0.6) is 0 Å². The van der Waals surface area contributed by atoms with Gasteiger partial charge < -0.3 is 0 Å². The molecule has 0 atom stereocenters. The second-order valence-corrected chi connectivity index (χ2v) is 3.30. The van der Waals surface area contributed by atoms with Crippen molar-refractivity contribution in [3.05, 3.63) is 58.4 Å². The highest BCUT2D eigenvalue weighted by molar-refractivity contribution is 5.64. The number of benzene rings is 1. The second kappa shape index (κ2) is 4.37. The average Bonchev–Trinajstić information content (AvgIpc) is 2.81. The highest BCUT2D eigenvalue weighted by Crippen LogP contribution is 2.25. The minimum Gasteiger partial charge on any atom is -0.288 e. The van der Waals surface area contributed by atoms with Crippen LogP contribution in [0.2, 0.25) is 0 Å². The van der Waals surface area contributed by atoms with Crippen LogP contribution in [0.4, 0.5) is 11.4 Å². The molecule has 0 saturated heterocycles. The first-order chi connectivity index (χ1) is 8.20. The Morgan fingerprint density at radius 1 is 1.35 bits per heavy atom. The van der Waals surface area contributed by atoms with Crippen LogP contribution in [-0.2, 0) is 0 Å². The monoisotopic (exact) mass is 228 g/mol. The minimum absolute atomic E-state index is 0.0716. The van der Waals surface area contributed by atoms with Crippen LogP contribution >= 0.6 is 0 Å². The zero-order valence-corrected chi connectivity index (χ0v) is 8.70. The second-order valence-electron chi connectivity index (χ2n) is 3.30. The summed E-state index contributed by atoms with van der Waals surface area (Å²) in [5, 5.41) is 19.6. The summed E-state index contributed by atoms with van der Waals surface area (Å²) in [7, 11) is 0. The van der Waals surface area contributed by atoms with Crippen molar-refractivity contribution < 1.29 is 4.92 Å². The molecule has 0 amide bonds. The Kier molecular flexibility index (Phi) is 2.75. The van der Waals surface area contributed by atoms with E-state index in [-0.39, 0.29) is 11.4 Å². The average molecular weight is 228 g/mol. The molecule has 84 valence electrons. The summed E-state index contributed by atoms with van der Waals surface area (Å²) in [5.41, 5.74) is 3.41. The van der Waals surface area contributed by atoms with E-state index in [1.807, 2.05) is 6.07 Å². The Morgan fingerprint density at radius 3 is 2.65 bits per heavy atom. The number of nitriles is 1. The molecule has 6 heteroatoms. The van der Waals surface area contributed by atoms with Crippen molar-refractivity contribution in [1.82, 2.24) is 4.68 Å². The standard InChI is InChI=1S/C11H8N4O2/c12-8-9-3-4-11(15(16)17)10(7-9)13-14-5-1-2-6-14/h1-7,13H. The maximum absolute atomic E-state index is 10.8. The molecule has 1 N–H and O–H groups in total. The molecule has 0 aliphatic heterocycles. The number of nitro groups is 1. The van der Waals surface area contributed by atoms with Gasteiger partial charge in [0, 0.05) is 18.5 Å². The topological polar surface area (TPSA) is 83.9 Å². The maximum Gasteiger partial charge on any atom is 0.294 e. The number of rotatable bonds is 3. The van der Waals surface area contributed by atoms with Gasteiger partial charge in [-0.25, -0.2) is 0 Å². The summed E-state index contributed by atoms with van der Waals surface area (Å²) in [4.78, 5) is 10.3. The van der Waals surface area contributed by atoms with Gasteiger partial charge in [0.25, 0.3) is 5.69 Å². The van der Waals surface area contributed by atoms with Gasteiger partial charge in [0.15, 0.2) is 0 Å². The molecule has 2 aromatic rings. The Bertz CT molecular complexity index is 584. The van der Waals surface area contributed by atoms with E-state index in [9.17, 15) is 10.1 Å². The van der Waals surface area contributed by atoms with Crippen molar-refractivity contribution in [1.29, 1.82) is 5.26 Å². The first kappa shape index (κ1) is 10.7. The molecule has 6 nitrogen and oxygen atoms in total. The lowest BCUT2D eigenvalue weighted by molar-refractivity contribution is -0.384. The Labute approximate surface area is 96.8 Å². The molecular weight excluding hydrogens is 220 g/mol. The van der Waals surface area contributed by atoms with Crippen molar-refractivity contribution >= 4 is 11.4 Å². The zero-order valence-electron chi connectivity index (χ0n) is 8.70. The molecule has 17 heavy (non-hydrogen) atoms. The van der Waals surface area contributed by atoms with Gasteiger partial charge in [0.05, 0.1) is 16.6 Å². The molecule has 0 aliphatic rings. The minimum atomic E-state index is -0.493. The van der Waals surface area contributed by atoms with Crippen molar-refractivity contribution in [3.63, 3.8) is 0 Å². The van der Waals surface area contributed by atoms with E-state index >= 15 is 0 Å². The smallest absolute Gasteiger partial charge is 0.288 e. The predicted octanol–water partition coefficient (Wildman–Crippen LogP) is 2.14. The van der Waals surface area contributed by atoms with E-state index in [1.54, 1.807) is 29.2 Å². The van der Waals surface area contributed by atoms with Gasteiger partial charge >= 0.3 is 0 Å². The van der Waals surface area contributed by atoms with Gasteiger partial charge in [0.1, 0.15) is 5.69 Å². The van der Waals surface area contributed by atoms with Gasteiger partial charge in [-0.15, -0.1) is 0 Å². The van der Waals surface area contributed by atoms with Gasteiger partial charge in [-0.3, -0.25) is 20.2 Å². The summed E-state index contributed by atoms with van der Waals surface area (Å²) in [5.74, 6) is 0. The van der Waals surface area contributed by atoms with E-state index in [0.717, 1.165) is 0 Å². The molecule has 0 radical (unpaired) electrons. The fourth-order valence-corrected chi connectivity index (χ4v) is 1.40. The summed E-state index contributed by atoms with van der Waals surface area (Å²) in [6.07, 6.45) is 3.42. The number of nitro benzene ring substituents is 1. The first-order valence-electron chi connectivity index (χ1n) is 4.79. The third-order valence-electron chi connectivity index (χ3n) is 2.18. The predicted molar refractivity (Wildman–Crippen MR) is 61.3 cm³/mol. The quantitative estimate of drug-likeness (QED) is 0.644. The molecule has 1 heterocycles. The van der Waals surface area contributed by atoms with Crippen LogP contribution in [0.25, 0.3) is 0 Å². The number of aromatic nitrogens is 1. The molecule has 0 aliphatic carbocycles. The summed E-state index contributed by atoms with van der Waals surface area (Å²) in [6, 6.07) is 9.68. The van der Waals surface area contributed by atoms with Gasteiger partial charge in [0.2, 0.25) is 0 Å². The summed E-state index contributed by atoms with van der Waals surface area (Å²) < 4.78 is 1.57. The van der Waals surface area contributed by atoms with Gasteiger partial charge in [-0.2, -0.15) is 5.26 Å². The van der Waals surface area contributed by atoms with Crippen LogP contribution in [0.3, 0.4) is 0 Å². The van der Waals surface area contributed by atoms with E-state index in [2.05, 4.69) is 5.43 Å². The Morgan fingerprint density at radius 2 is 2.06 bits per heavy atom. The SMILES string of the molecule is N#Cc1ccc([N+](=O)[O-])c(Nn2cccc2)c1. The fourth-order valence-electron chi connectivity index (χ4n) is 1.40. The van der Waals surface area contributed by atoms with E-state index in [4.69, 9.17) is 5.26 Å². The number of hydrogen-bond acceptors (Lipinski definition) is 4. The number of nitrogens with one attached hydrogen (secondary N) is 1. The highest BCUT2D eigenvalue weighted by Gasteiger charge is 2.14. The van der Waals surface area contributed by atoms with Crippen molar-refractivity contribution in [2.45, 2.75) is 0 Å². The molecule has 0 bridgehead atoms. The van der Waals surface area contributed by atoms with Crippen molar-refractivity contribution in [2.24, 2.45) is 0 Å². The molecule has 1 aromatic heterocycles. The highest BCUT2D eigenvalue weighted by atomic mass is 16.6. The largest absolute Gasteiger partial charge is 0.294 e. The van der Waals surface area contributed by atoms with Crippen LogP contribution in [0, 0.1) is 21.4 Å². The third-order valence-corrected chi connectivity index (χ3v) is 2.18. The van der Waals surface area contributed by atoms with Crippen LogP contribution in [0.1, 0.15) is 5.56 Å². The van der Waals surface area contributed by atoms with Crippen LogP contribution < -0.4 is 5.43 Å². The first-order valence-corrected chi connectivity index (χ1v) is 4.79. The molecular formula is C11H8N4O2. The van der Waals surface area contributed by atoms with E-state index in [0.29, 0.717) is 5.56 Å². The van der Waals surface area contributed by atoms with Crippen LogP contribution in [-0.4, -0.2) is 9.60 Å². The molecule has 0 unspecified atom stereocenters. The lowest BCUT2D eigenvalue weighted by atomic mass is 10.2. The number of anilines is 1.